The van der Waals surface area contributed by atoms with Crippen LogP contribution in [0.1, 0.15) is 18.4 Å². The predicted molar refractivity (Wildman–Crippen MR) is 89.1 cm³/mol. The number of esters is 1. The molecule has 1 aliphatic heterocycles. The van der Waals surface area contributed by atoms with Gasteiger partial charge in [0.25, 0.3) is 0 Å². The Morgan fingerprint density at radius 2 is 1.75 bits per heavy atom. The largest absolute Gasteiger partial charge is 0.504 e. The van der Waals surface area contributed by atoms with Gasteiger partial charge in [0.05, 0.1) is 6.10 Å². The number of aromatic hydroxyl groups is 2. The highest BCUT2D eigenvalue weighted by atomic mass is 16.7. The minimum atomic E-state index is -1.90. The molecule has 11 nitrogen and oxygen atoms in total. The lowest BCUT2D eigenvalue weighted by atomic mass is 9.99. The third-order valence-electron chi connectivity index (χ3n) is 4.25. The van der Waals surface area contributed by atoms with Crippen LogP contribution in [0.15, 0.2) is 18.2 Å². The van der Waals surface area contributed by atoms with Crippen molar-refractivity contribution < 1.29 is 54.8 Å². The average molecular weight is 402 g/mol. The van der Waals surface area contributed by atoms with E-state index in [-0.39, 0.29) is 30.8 Å². The van der Waals surface area contributed by atoms with Crippen molar-refractivity contribution in [1.82, 2.24) is 0 Å². The van der Waals surface area contributed by atoms with Gasteiger partial charge in [-0.25, -0.2) is 4.79 Å². The minimum Gasteiger partial charge on any atom is -0.504 e. The molecule has 0 spiro atoms. The van der Waals surface area contributed by atoms with Gasteiger partial charge in [-0.05, 0) is 30.5 Å². The molecule has 1 heterocycles. The number of carbonyl (C=O) groups is 2. The molecule has 156 valence electrons. The quantitative estimate of drug-likeness (QED) is 0.201. The molecule has 2 rings (SSSR count). The molecule has 1 fully saturated rings. The molecule has 7 N–H and O–H groups in total. The third-order valence-corrected chi connectivity index (χ3v) is 4.25. The van der Waals surface area contributed by atoms with E-state index >= 15 is 0 Å². The van der Waals surface area contributed by atoms with Crippen LogP contribution >= 0.6 is 0 Å². The Morgan fingerprint density at radius 3 is 2.36 bits per heavy atom. The molecule has 11 heteroatoms. The van der Waals surface area contributed by atoms with Gasteiger partial charge in [-0.3, -0.25) is 4.79 Å². The minimum absolute atomic E-state index is 0.0587. The number of aliphatic carboxylic acids is 1. The molecule has 6 unspecified atom stereocenters. The van der Waals surface area contributed by atoms with E-state index in [2.05, 4.69) is 0 Å². The summed E-state index contributed by atoms with van der Waals surface area (Å²) < 4.78 is 9.63. The van der Waals surface area contributed by atoms with E-state index in [1.54, 1.807) is 0 Å². The van der Waals surface area contributed by atoms with Crippen molar-refractivity contribution >= 4 is 11.9 Å². The summed E-state index contributed by atoms with van der Waals surface area (Å²) in [5.74, 6) is -3.18. The summed E-state index contributed by atoms with van der Waals surface area (Å²) in [5, 5.41) is 66.6. The van der Waals surface area contributed by atoms with Gasteiger partial charge < -0.3 is 45.2 Å². The van der Waals surface area contributed by atoms with Crippen LogP contribution in [0.25, 0.3) is 0 Å². The molecule has 0 aromatic heterocycles. The molecule has 1 aliphatic rings. The van der Waals surface area contributed by atoms with Crippen molar-refractivity contribution in [3.8, 4) is 11.5 Å². The summed E-state index contributed by atoms with van der Waals surface area (Å²) in [6.45, 7) is 0. The molecule has 1 aromatic carbocycles. The Bertz CT molecular complexity index is 706. The van der Waals surface area contributed by atoms with Crippen molar-refractivity contribution in [3.63, 3.8) is 0 Å². The summed E-state index contributed by atoms with van der Waals surface area (Å²) in [4.78, 5) is 22.9. The summed E-state index contributed by atoms with van der Waals surface area (Å²) in [6.07, 6.45) is -10.6. The van der Waals surface area contributed by atoms with E-state index in [0.29, 0.717) is 5.56 Å². The van der Waals surface area contributed by atoms with Crippen LogP contribution < -0.4 is 0 Å². The number of phenols is 2. The van der Waals surface area contributed by atoms with Crippen LogP contribution in [-0.2, 0) is 25.5 Å². The van der Waals surface area contributed by atoms with E-state index in [4.69, 9.17) is 14.6 Å². The number of benzene rings is 1. The Balaban J connectivity index is 1.85. The van der Waals surface area contributed by atoms with E-state index in [1.807, 2.05) is 0 Å². The van der Waals surface area contributed by atoms with Crippen molar-refractivity contribution in [1.29, 1.82) is 0 Å². The summed E-state index contributed by atoms with van der Waals surface area (Å²) in [7, 11) is 0. The zero-order valence-electron chi connectivity index (χ0n) is 14.6. The predicted octanol–water partition coefficient (Wildman–Crippen LogP) is -1.78. The van der Waals surface area contributed by atoms with E-state index < -0.39 is 48.7 Å². The SMILES string of the molecule is O=C(CCC(O)Cc1ccc(O)c(O)c1)OC1OC(C(=O)O)C(O)C(O)C1O. The Kier molecular flexibility index (Phi) is 7.16. The van der Waals surface area contributed by atoms with Gasteiger partial charge in [-0.2, -0.15) is 0 Å². The molecule has 0 radical (unpaired) electrons. The zero-order valence-corrected chi connectivity index (χ0v) is 14.6. The maximum absolute atomic E-state index is 11.9. The number of aliphatic hydroxyl groups excluding tert-OH is 4. The molecule has 0 amide bonds. The molecule has 0 bridgehead atoms. The lowest BCUT2D eigenvalue weighted by molar-refractivity contribution is -0.286. The number of rotatable bonds is 7. The third kappa shape index (κ3) is 5.30. The molecular formula is C17H22O11. The van der Waals surface area contributed by atoms with Gasteiger partial charge in [0, 0.05) is 6.42 Å². The summed E-state index contributed by atoms with van der Waals surface area (Å²) >= 11 is 0. The Morgan fingerprint density at radius 1 is 1.07 bits per heavy atom. The van der Waals surface area contributed by atoms with E-state index in [0.717, 1.165) is 0 Å². The Labute approximate surface area is 159 Å². The van der Waals surface area contributed by atoms with Crippen molar-refractivity contribution in [2.45, 2.75) is 56.1 Å². The number of aliphatic hydroxyl groups is 4. The lowest BCUT2D eigenvalue weighted by Gasteiger charge is -2.37. The fourth-order valence-electron chi connectivity index (χ4n) is 2.69. The number of hydrogen-bond donors (Lipinski definition) is 7. The maximum Gasteiger partial charge on any atom is 0.335 e. The second-order valence-corrected chi connectivity index (χ2v) is 6.44. The van der Waals surface area contributed by atoms with Crippen molar-refractivity contribution in [2.24, 2.45) is 0 Å². The molecule has 0 saturated carbocycles. The summed E-state index contributed by atoms with van der Waals surface area (Å²) in [6, 6.07) is 4.01. The lowest BCUT2D eigenvalue weighted by Crippen LogP contribution is -2.60. The monoisotopic (exact) mass is 402 g/mol. The highest BCUT2D eigenvalue weighted by molar-refractivity contribution is 5.73. The van der Waals surface area contributed by atoms with Crippen LogP contribution in [0, 0.1) is 0 Å². The van der Waals surface area contributed by atoms with Gasteiger partial charge in [-0.15, -0.1) is 0 Å². The number of carboxylic acids is 1. The second kappa shape index (κ2) is 9.17. The van der Waals surface area contributed by atoms with E-state index in [1.165, 1.54) is 18.2 Å². The standard InChI is InChI=1S/C17H22O11/c18-8(5-7-1-3-9(19)10(20)6-7)2-4-11(21)27-17-14(24)12(22)13(23)15(28-17)16(25)26/h1,3,6,8,12-15,17-20,22-24H,2,4-5H2,(H,25,26). The number of phenolic OH excluding ortho intramolecular Hbond substituents is 2. The van der Waals surface area contributed by atoms with Crippen LogP contribution in [0.3, 0.4) is 0 Å². The van der Waals surface area contributed by atoms with Crippen LogP contribution in [0.4, 0.5) is 0 Å². The summed E-state index contributed by atoms with van der Waals surface area (Å²) in [5.41, 5.74) is 0.517. The first-order chi connectivity index (χ1) is 13.1. The smallest absolute Gasteiger partial charge is 0.335 e. The molecule has 0 aliphatic carbocycles. The number of ether oxygens (including phenoxy) is 2. The fourth-order valence-corrected chi connectivity index (χ4v) is 2.69. The fraction of sp³-hybridized carbons (Fsp3) is 0.529. The average Bonchev–Trinajstić information content (AvgIpc) is 2.63. The van der Waals surface area contributed by atoms with Gasteiger partial charge in [0.1, 0.15) is 18.3 Å². The van der Waals surface area contributed by atoms with Crippen LogP contribution in [0.2, 0.25) is 0 Å². The highest BCUT2D eigenvalue weighted by Crippen LogP contribution is 2.26. The normalized spacial score (nSPS) is 28.5. The number of hydrogen-bond acceptors (Lipinski definition) is 10. The van der Waals surface area contributed by atoms with Crippen molar-refractivity contribution in [2.75, 3.05) is 0 Å². The van der Waals surface area contributed by atoms with Gasteiger partial charge in [0.15, 0.2) is 17.6 Å². The molecule has 1 saturated heterocycles. The van der Waals surface area contributed by atoms with Gasteiger partial charge >= 0.3 is 11.9 Å². The van der Waals surface area contributed by atoms with Gasteiger partial charge in [-0.1, -0.05) is 6.07 Å². The molecule has 1 aromatic rings. The topological polar surface area (TPSA) is 194 Å². The van der Waals surface area contributed by atoms with Crippen LogP contribution in [-0.4, -0.2) is 84.5 Å². The first-order valence-corrected chi connectivity index (χ1v) is 8.41. The zero-order chi connectivity index (χ0) is 21.0. The highest BCUT2D eigenvalue weighted by Gasteiger charge is 2.48. The van der Waals surface area contributed by atoms with E-state index in [9.17, 15) is 40.2 Å². The van der Waals surface area contributed by atoms with Gasteiger partial charge in [0.2, 0.25) is 6.29 Å². The molecule has 6 atom stereocenters. The molecule has 28 heavy (non-hydrogen) atoms. The molecular weight excluding hydrogens is 380 g/mol. The van der Waals surface area contributed by atoms with Crippen LogP contribution in [0.5, 0.6) is 11.5 Å². The number of carboxylic acid groups (broad SMARTS) is 1. The second-order valence-electron chi connectivity index (χ2n) is 6.44. The van der Waals surface area contributed by atoms with Crippen molar-refractivity contribution in [3.05, 3.63) is 23.8 Å². The maximum atomic E-state index is 11.9. The Hall–Kier alpha value is -2.44. The first kappa shape index (κ1) is 21.9. The first-order valence-electron chi connectivity index (χ1n) is 8.41. The number of carbonyl (C=O) groups excluding carboxylic acids is 1.